The van der Waals surface area contributed by atoms with E-state index in [-0.39, 0.29) is 12.6 Å². The maximum absolute atomic E-state index is 14.8. The fraction of sp³-hybridized carbons (Fsp3) is 0.280. The van der Waals surface area contributed by atoms with Gasteiger partial charge in [0.05, 0.1) is 6.54 Å². The quantitative estimate of drug-likeness (QED) is 0.416. The van der Waals surface area contributed by atoms with Crippen LogP contribution >= 0.6 is 31.3 Å². The molecule has 3 unspecified atom stereocenters. The van der Waals surface area contributed by atoms with E-state index in [0.29, 0.717) is 37.6 Å². The number of hydrogen-bond acceptors (Lipinski definition) is 4. The minimum atomic E-state index is -1.30. The molecule has 9 heteroatoms. The van der Waals surface area contributed by atoms with Crippen LogP contribution in [-0.4, -0.2) is 34.7 Å². The van der Waals surface area contributed by atoms with Crippen molar-refractivity contribution in [3.05, 3.63) is 65.9 Å². The first-order chi connectivity index (χ1) is 16.2. The summed E-state index contributed by atoms with van der Waals surface area (Å²) in [7, 11) is 5.50. The second-order valence-corrected chi connectivity index (χ2v) is 10.8. The number of amides is 2. The Morgan fingerprint density at radius 2 is 1.85 bits per heavy atom. The average Bonchev–Trinajstić information content (AvgIpc) is 3.42. The molecule has 1 saturated heterocycles. The number of nitrogens with zero attached hydrogens (tertiary/aromatic N) is 4. The van der Waals surface area contributed by atoms with Gasteiger partial charge in [0.25, 0.3) is 0 Å². The van der Waals surface area contributed by atoms with E-state index in [1.54, 1.807) is 18.0 Å². The van der Waals surface area contributed by atoms with Crippen LogP contribution in [0.3, 0.4) is 0 Å². The molecule has 3 aromatic rings. The maximum Gasteiger partial charge on any atom is 0.335 e. The highest BCUT2D eigenvalue weighted by atomic mass is 32.1. The van der Waals surface area contributed by atoms with E-state index in [9.17, 15) is 9.18 Å². The summed E-state index contributed by atoms with van der Waals surface area (Å²) in [6.07, 6.45) is 2.13. The molecule has 0 saturated carbocycles. The van der Waals surface area contributed by atoms with Gasteiger partial charge in [-0.3, -0.25) is 0 Å². The zero-order valence-electron chi connectivity index (χ0n) is 18.9. The van der Waals surface area contributed by atoms with Gasteiger partial charge < -0.3 is 9.80 Å². The molecule has 0 N–H and O–H groups in total. The van der Waals surface area contributed by atoms with Crippen molar-refractivity contribution in [2.24, 2.45) is 0 Å². The van der Waals surface area contributed by atoms with Gasteiger partial charge in [-0.15, -0.1) is 18.5 Å². The van der Waals surface area contributed by atoms with Gasteiger partial charge in [0.1, 0.15) is 11.4 Å². The molecular formula is C25H27FN4OP2S. The van der Waals surface area contributed by atoms with Crippen LogP contribution in [-0.2, 0) is 13.1 Å². The maximum atomic E-state index is 14.8. The molecule has 2 aliphatic heterocycles. The second-order valence-electron chi connectivity index (χ2n) is 9.14. The number of alkyl halides is 1. The number of benzene rings is 2. The summed E-state index contributed by atoms with van der Waals surface area (Å²) in [4.78, 5) is 22.0. The number of anilines is 2. The number of hydrogen-bond donors (Lipinski definition) is 1. The number of rotatable bonds is 3. The van der Waals surface area contributed by atoms with Crippen molar-refractivity contribution < 1.29 is 9.18 Å². The molecule has 0 bridgehead atoms. The van der Waals surface area contributed by atoms with Crippen LogP contribution in [0, 0.1) is 0 Å². The van der Waals surface area contributed by atoms with E-state index in [0.717, 1.165) is 32.9 Å². The lowest BCUT2D eigenvalue weighted by molar-refractivity contribution is 0.210. The molecule has 3 heterocycles. The number of halogens is 1. The monoisotopic (exact) mass is 512 g/mol. The van der Waals surface area contributed by atoms with E-state index in [1.807, 2.05) is 47.4 Å². The molecule has 5 nitrogen and oxygen atoms in total. The minimum Gasteiger partial charge on any atom is -0.352 e. The van der Waals surface area contributed by atoms with Gasteiger partial charge >= 0.3 is 6.03 Å². The van der Waals surface area contributed by atoms with Gasteiger partial charge in [0.2, 0.25) is 0 Å². The number of urea groups is 1. The van der Waals surface area contributed by atoms with Crippen molar-refractivity contribution in [2.75, 3.05) is 22.3 Å². The predicted molar refractivity (Wildman–Crippen MR) is 147 cm³/mol. The summed E-state index contributed by atoms with van der Waals surface area (Å²) in [6.45, 7) is 3.40. The molecule has 5 rings (SSSR count). The molecule has 0 aliphatic carbocycles. The topological polar surface area (TPSA) is 39.7 Å². The standard InChI is InChI=1S/C25H27FN4OP2S/c1-25(26)10-12-28(15-25)23-22(18(9-11-27-23)17-6-2-3-7-20(17)32)30(34)24(31)29-13-16-5-4-8-21(33)19(16)14-29/h2-9,11,34H,10,12-15,32-33H2,1H3. The van der Waals surface area contributed by atoms with Crippen LogP contribution in [0.4, 0.5) is 20.7 Å². The summed E-state index contributed by atoms with van der Waals surface area (Å²) in [5.74, 6) is 0.568. The lowest BCUT2D eigenvalue weighted by Crippen LogP contribution is -2.37. The summed E-state index contributed by atoms with van der Waals surface area (Å²) in [5, 5.41) is 2.09. The lowest BCUT2D eigenvalue weighted by Gasteiger charge is -2.30. The molecule has 34 heavy (non-hydrogen) atoms. The van der Waals surface area contributed by atoms with Crippen LogP contribution in [0.2, 0.25) is 0 Å². The normalized spacial score (nSPS) is 19.4. The molecule has 1 aromatic heterocycles. The number of carbonyl (C=O) groups excluding carboxylic acids is 1. The highest BCUT2D eigenvalue weighted by molar-refractivity contribution is 7.82. The van der Waals surface area contributed by atoms with E-state index in [1.165, 1.54) is 4.31 Å². The average molecular weight is 513 g/mol. The largest absolute Gasteiger partial charge is 0.352 e. The fourth-order valence-electron chi connectivity index (χ4n) is 4.76. The molecule has 1 fully saturated rings. The van der Waals surface area contributed by atoms with Gasteiger partial charge in [0, 0.05) is 37.8 Å². The Bertz CT molecular complexity index is 1270. The van der Waals surface area contributed by atoms with Crippen LogP contribution < -0.4 is 19.8 Å². The van der Waals surface area contributed by atoms with E-state index < -0.39 is 5.67 Å². The number of pyridine rings is 1. The van der Waals surface area contributed by atoms with E-state index in [2.05, 4.69) is 29.5 Å². The lowest BCUT2D eigenvalue weighted by atomic mass is 10.0. The summed E-state index contributed by atoms with van der Waals surface area (Å²) in [6, 6.07) is 15.7. The molecule has 2 amide bonds. The number of carbonyl (C=O) groups is 1. The molecule has 0 spiro atoms. The fourth-order valence-corrected chi connectivity index (χ4v) is 5.83. The Kier molecular flexibility index (Phi) is 6.31. The SMILES string of the molecule is CC1(F)CCN(c2nccc(-c3ccccc3P)c2N(S)C(=O)N2Cc3cccc(P)c3C2)C1. The van der Waals surface area contributed by atoms with Crippen molar-refractivity contribution in [2.45, 2.75) is 32.1 Å². The minimum absolute atomic E-state index is 0.223. The molecule has 176 valence electrons. The Labute approximate surface area is 209 Å². The smallest absolute Gasteiger partial charge is 0.335 e. The Morgan fingerprint density at radius 3 is 2.56 bits per heavy atom. The zero-order chi connectivity index (χ0) is 24.0. The van der Waals surface area contributed by atoms with Crippen molar-refractivity contribution >= 4 is 59.4 Å². The first-order valence-corrected chi connectivity index (χ1v) is 12.7. The Hall–Kier alpha value is -2.20. The first-order valence-electron chi connectivity index (χ1n) is 11.2. The first kappa shape index (κ1) is 23.5. The van der Waals surface area contributed by atoms with Crippen molar-refractivity contribution in [3.63, 3.8) is 0 Å². The van der Waals surface area contributed by atoms with E-state index in [4.69, 9.17) is 12.8 Å². The highest BCUT2D eigenvalue weighted by Crippen LogP contribution is 2.42. The van der Waals surface area contributed by atoms with Crippen LogP contribution in [0.25, 0.3) is 11.1 Å². The van der Waals surface area contributed by atoms with Gasteiger partial charge in [-0.2, -0.15) is 0 Å². The van der Waals surface area contributed by atoms with Gasteiger partial charge in [-0.1, -0.05) is 55.3 Å². The van der Waals surface area contributed by atoms with E-state index >= 15 is 0 Å². The molecular weight excluding hydrogens is 485 g/mol. The Morgan fingerprint density at radius 1 is 1.09 bits per heavy atom. The summed E-state index contributed by atoms with van der Waals surface area (Å²) >= 11 is 4.72. The van der Waals surface area contributed by atoms with Crippen LogP contribution in [0.15, 0.2) is 54.7 Å². The van der Waals surface area contributed by atoms with Gasteiger partial charge in [-0.05, 0) is 40.3 Å². The molecule has 2 aliphatic rings. The molecule has 0 radical (unpaired) electrons. The molecule has 2 aromatic carbocycles. The van der Waals surface area contributed by atoms with Crippen LogP contribution in [0.5, 0.6) is 0 Å². The Balaban J connectivity index is 1.57. The third-order valence-electron chi connectivity index (χ3n) is 6.56. The third kappa shape index (κ3) is 4.30. The summed E-state index contributed by atoms with van der Waals surface area (Å²) in [5.41, 5.74) is 3.34. The summed E-state index contributed by atoms with van der Waals surface area (Å²) < 4.78 is 16.2. The van der Waals surface area contributed by atoms with Crippen molar-refractivity contribution in [1.29, 1.82) is 0 Å². The van der Waals surface area contributed by atoms with Gasteiger partial charge in [-0.25, -0.2) is 18.5 Å². The van der Waals surface area contributed by atoms with Crippen LogP contribution in [0.1, 0.15) is 24.5 Å². The van der Waals surface area contributed by atoms with Crippen molar-refractivity contribution in [3.8, 4) is 11.1 Å². The third-order valence-corrected chi connectivity index (χ3v) is 7.98. The number of thiol groups is 1. The number of aromatic nitrogens is 1. The highest BCUT2D eigenvalue weighted by Gasteiger charge is 2.37. The second kappa shape index (κ2) is 9.11. The number of fused-ring (bicyclic) bond motifs is 1. The predicted octanol–water partition coefficient (Wildman–Crippen LogP) is 4.47. The molecule has 3 atom stereocenters. The zero-order valence-corrected chi connectivity index (χ0v) is 22.1. The van der Waals surface area contributed by atoms with Gasteiger partial charge in [0.15, 0.2) is 5.82 Å². The van der Waals surface area contributed by atoms with Crippen molar-refractivity contribution in [1.82, 2.24) is 9.88 Å².